The Morgan fingerprint density at radius 3 is 2.86 bits per heavy atom. The molecular formula is C26H22FN7O2S. The number of nitrogens with one attached hydrogen (secondary N) is 4. The standard InChI is InChI=1S/C26H22FN7O2S/c1-14-17(6-7-18(27)24(14)30-26(36)22-10-15-4-2-3-5-21(15)37-22)19-12-20(25(35)32-31-19)29-23-11-16-13-28-8-9-34(16)33-23/h2-7,10-12,28H,8-9,13H2,1H3,(H,30,36)(H,32,35)(H,29,31,33). The van der Waals surface area contributed by atoms with E-state index in [9.17, 15) is 14.0 Å². The summed E-state index contributed by atoms with van der Waals surface area (Å²) in [5.74, 6) is -0.403. The van der Waals surface area contributed by atoms with E-state index in [-0.39, 0.29) is 11.4 Å². The monoisotopic (exact) mass is 515 g/mol. The van der Waals surface area contributed by atoms with Gasteiger partial charge in [-0.05, 0) is 48.2 Å². The van der Waals surface area contributed by atoms with Crippen LogP contribution in [0, 0.1) is 12.7 Å². The van der Waals surface area contributed by atoms with Crippen LogP contribution in [0.15, 0.2) is 59.4 Å². The van der Waals surface area contributed by atoms with E-state index in [1.54, 1.807) is 25.1 Å². The number of H-pyrrole nitrogens is 1. The highest BCUT2D eigenvalue weighted by Gasteiger charge is 2.19. The lowest BCUT2D eigenvalue weighted by Gasteiger charge is -2.13. The number of thiophene rings is 1. The summed E-state index contributed by atoms with van der Waals surface area (Å²) in [5, 5.41) is 21.2. The van der Waals surface area contributed by atoms with Crippen LogP contribution in [0.1, 0.15) is 20.9 Å². The summed E-state index contributed by atoms with van der Waals surface area (Å²) in [7, 11) is 0. The Hall–Kier alpha value is -4.35. The van der Waals surface area contributed by atoms with Crippen LogP contribution < -0.4 is 21.5 Å². The predicted octanol–water partition coefficient (Wildman–Crippen LogP) is 4.39. The van der Waals surface area contributed by atoms with Gasteiger partial charge < -0.3 is 16.0 Å². The molecule has 0 saturated carbocycles. The minimum atomic E-state index is -0.560. The van der Waals surface area contributed by atoms with Gasteiger partial charge >= 0.3 is 0 Å². The molecule has 4 heterocycles. The van der Waals surface area contributed by atoms with E-state index >= 15 is 0 Å². The Labute approximate surface area is 214 Å². The van der Waals surface area contributed by atoms with Crippen molar-refractivity contribution in [2.75, 3.05) is 17.2 Å². The minimum absolute atomic E-state index is 0.0664. The maximum absolute atomic E-state index is 14.9. The molecule has 0 saturated heterocycles. The largest absolute Gasteiger partial charge is 0.334 e. The van der Waals surface area contributed by atoms with Crippen LogP contribution in [0.4, 0.5) is 21.6 Å². The van der Waals surface area contributed by atoms with E-state index in [0.717, 1.165) is 28.9 Å². The zero-order valence-electron chi connectivity index (χ0n) is 19.8. The van der Waals surface area contributed by atoms with Gasteiger partial charge in [0, 0.05) is 29.4 Å². The average Bonchev–Trinajstić information content (AvgIpc) is 3.52. The number of benzene rings is 2. The molecule has 186 valence electrons. The fraction of sp³-hybridized carbons (Fsp3) is 0.154. The van der Waals surface area contributed by atoms with E-state index in [0.29, 0.717) is 34.1 Å². The molecule has 1 aliphatic heterocycles. The van der Waals surface area contributed by atoms with Crippen LogP contribution in [0.5, 0.6) is 0 Å². The third kappa shape index (κ3) is 4.39. The molecule has 0 bridgehead atoms. The molecule has 11 heteroatoms. The summed E-state index contributed by atoms with van der Waals surface area (Å²) < 4.78 is 17.7. The number of nitrogens with zero attached hydrogens (tertiary/aromatic N) is 3. The Bertz CT molecular complexity index is 1670. The molecule has 9 nitrogen and oxygen atoms in total. The average molecular weight is 516 g/mol. The Balaban J connectivity index is 1.30. The van der Waals surface area contributed by atoms with Crippen LogP contribution in [-0.2, 0) is 13.1 Å². The van der Waals surface area contributed by atoms with Gasteiger partial charge in [-0.15, -0.1) is 11.3 Å². The molecule has 1 aliphatic rings. The second-order valence-electron chi connectivity index (χ2n) is 8.74. The number of halogens is 1. The van der Waals surface area contributed by atoms with Crippen molar-refractivity contribution in [1.29, 1.82) is 0 Å². The molecule has 5 aromatic rings. The molecule has 0 spiro atoms. The van der Waals surface area contributed by atoms with Crippen molar-refractivity contribution in [3.63, 3.8) is 0 Å². The lowest BCUT2D eigenvalue weighted by Crippen LogP contribution is -2.28. The molecule has 6 rings (SSSR count). The van der Waals surface area contributed by atoms with Gasteiger partial charge in [0.05, 0.1) is 28.5 Å². The number of hydrogen-bond acceptors (Lipinski definition) is 7. The molecule has 4 N–H and O–H groups in total. The normalized spacial score (nSPS) is 12.9. The van der Waals surface area contributed by atoms with Crippen molar-refractivity contribution in [1.82, 2.24) is 25.3 Å². The fourth-order valence-electron chi connectivity index (χ4n) is 4.41. The first kappa shape index (κ1) is 23.1. The van der Waals surface area contributed by atoms with Crippen LogP contribution in [0.3, 0.4) is 0 Å². The molecule has 37 heavy (non-hydrogen) atoms. The van der Waals surface area contributed by atoms with Gasteiger partial charge in [0.25, 0.3) is 11.5 Å². The molecule has 1 amide bonds. The molecule has 2 aromatic carbocycles. The van der Waals surface area contributed by atoms with Gasteiger partial charge in [0.15, 0.2) is 5.82 Å². The van der Waals surface area contributed by atoms with Gasteiger partial charge in [-0.25, -0.2) is 9.49 Å². The maximum Gasteiger partial charge on any atom is 0.287 e. The van der Waals surface area contributed by atoms with Crippen molar-refractivity contribution < 1.29 is 9.18 Å². The number of aromatic nitrogens is 4. The van der Waals surface area contributed by atoms with Crippen molar-refractivity contribution in [2.24, 2.45) is 0 Å². The van der Waals surface area contributed by atoms with Crippen LogP contribution in [-0.4, -0.2) is 32.4 Å². The van der Waals surface area contributed by atoms with Crippen LogP contribution in [0.2, 0.25) is 0 Å². The quantitative estimate of drug-likeness (QED) is 0.276. The van der Waals surface area contributed by atoms with Crippen LogP contribution >= 0.6 is 11.3 Å². The van der Waals surface area contributed by atoms with E-state index in [1.807, 2.05) is 35.0 Å². The number of rotatable bonds is 5. The second kappa shape index (κ2) is 9.26. The lowest BCUT2D eigenvalue weighted by molar-refractivity contribution is 0.103. The van der Waals surface area contributed by atoms with E-state index < -0.39 is 17.3 Å². The number of carbonyl (C=O) groups excluding carboxylic acids is 1. The second-order valence-corrected chi connectivity index (χ2v) is 9.82. The summed E-state index contributed by atoms with van der Waals surface area (Å²) in [6.07, 6.45) is 0. The SMILES string of the molecule is Cc1c(-c2cc(Nc3cc4n(n3)CCNC4)c(=O)[nH]n2)ccc(F)c1NC(=O)c1cc2ccccc2s1. The molecule has 0 radical (unpaired) electrons. The third-order valence-electron chi connectivity index (χ3n) is 6.31. The molecule has 0 fully saturated rings. The molecule has 0 unspecified atom stereocenters. The summed E-state index contributed by atoms with van der Waals surface area (Å²) in [6.45, 7) is 3.99. The van der Waals surface area contributed by atoms with Crippen molar-refractivity contribution in [3.8, 4) is 11.3 Å². The highest BCUT2D eigenvalue weighted by atomic mass is 32.1. The zero-order chi connectivity index (χ0) is 25.5. The number of hydrogen-bond donors (Lipinski definition) is 4. The molecule has 3 aromatic heterocycles. The van der Waals surface area contributed by atoms with E-state index in [1.165, 1.54) is 17.4 Å². The number of amides is 1. The van der Waals surface area contributed by atoms with Gasteiger partial charge in [-0.1, -0.05) is 18.2 Å². The minimum Gasteiger partial charge on any atom is -0.334 e. The first-order chi connectivity index (χ1) is 18.0. The Kier molecular flexibility index (Phi) is 5.78. The van der Waals surface area contributed by atoms with E-state index in [2.05, 4.69) is 31.2 Å². The summed E-state index contributed by atoms with van der Waals surface area (Å²) in [5.41, 5.74) is 2.41. The third-order valence-corrected chi connectivity index (χ3v) is 7.43. The maximum atomic E-state index is 14.9. The first-order valence-corrected chi connectivity index (χ1v) is 12.5. The van der Waals surface area contributed by atoms with Crippen LogP contribution in [0.25, 0.3) is 21.3 Å². The Morgan fingerprint density at radius 1 is 1.16 bits per heavy atom. The van der Waals surface area contributed by atoms with Gasteiger partial charge in [-0.2, -0.15) is 10.2 Å². The molecular weight excluding hydrogens is 493 g/mol. The number of fused-ring (bicyclic) bond motifs is 2. The predicted molar refractivity (Wildman–Crippen MR) is 142 cm³/mol. The zero-order valence-corrected chi connectivity index (χ0v) is 20.6. The van der Waals surface area contributed by atoms with E-state index in [4.69, 9.17) is 0 Å². The topological polar surface area (TPSA) is 117 Å². The van der Waals surface area contributed by atoms with Gasteiger partial charge in [0.1, 0.15) is 11.5 Å². The first-order valence-electron chi connectivity index (χ1n) is 11.7. The highest BCUT2D eigenvalue weighted by molar-refractivity contribution is 7.20. The lowest BCUT2D eigenvalue weighted by atomic mass is 10.0. The number of anilines is 3. The number of aromatic amines is 1. The van der Waals surface area contributed by atoms with Crippen molar-refractivity contribution >= 4 is 44.5 Å². The summed E-state index contributed by atoms with van der Waals surface area (Å²) in [6, 6.07) is 15.8. The fourth-order valence-corrected chi connectivity index (χ4v) is 5.36. The van der Waals surface area contributed by atoms with Gasteiger partial charge in [0.2, 0.25) is 0 Å². The smallest absolute Gasteiger partial charge is 0.287 e. The van der Waals surface area contributed by atoms with Crippen molar-refractivity contribution in [2.45, 2.75) is 20.0 Å². The summed E-state index contributed by atoms with van der Waals surface area (Å²) >= 11 is 1.34. The highest BCUT2D eigenvalue weighted by Crippen LogP contribution is 2.32. The van der Waals surface area contributed by atoms with Gasteiger partial charge in [-0.3, -0.25) is 14.3 Å². The number of carbonyl (C=O) groups is 1. The molecule has 0 atom stereocenters. The molecule has 0 aliphatic carbocycles. The van der Waals surface area contributed by atoms with Crippen molar-refractivity contribution in [3.05, 3.63) is 86.9 Å². The summed E-state index contributed by atoms with van der Waals surface area (Å²) in [4.78, 5) is 25.9. The Morgan fingerprint density at radius 2 is 2.03 bits per heavy atom.